The highest BCUT2D eigenvalue weighted by molar-refractivity contribution is 7.89. The average Bonchev–Trinajstić information content (AvgIpc) is 2.46. The minimum atomic E-state index is -3.74. The van der Waals surface area contributed by atoms with Crippen LogP contribution in [0.3, 0.4) is 0 Å². The van der Waals surface area contributed by atoms with Crippen LogP contribution in [0.15, 0.2) is 23.1 Å². The van der Waals surface area contributed by atoms with E-state index >= 15 is 0 Å². The maximum absolute atomic E-state index is 13.6. The first-order chi connectivity index (χ1) is 10.8. The number of nitrogens with zero attached hydrogens (tertiary/aromatic N) is 1. The Kier molecular flexibility index (Phi) is 5.96. The van der Waals surface area contributed by atoms with Crippen molar-refractivity contribution >= 4 is 10.0 Å². The molecule has 0 bridgehead atoms. The Morgan fingerprint density at radius 2 is 2.00 bits per heavy atom. The van der Waals surface area contributed by atoms with E-state index in [4.69, 9.17) is 9.47 Å². The molecule has 2 rings (SSSR count). The van der Waals surface area contributed by atoms with Crippen molar-refractivity contribution in [2.75, 3.05) is 33.3 Å². The van der Waals surface area contributed by atoms with E-state index < -0.39 is 15.8 Å². The van der Waals surface area contributed by atoms with E-state index in [1.165, 1.54) is 19.2 Å². The lowest BCUT2D eigenvalue weighted by molar-refractivity contribution is -0.0671. The van der Waals surface area contributed by atoms with E-state index in [9.17, 15) is 12.8 Å². The fourth-order valence-electron chi connectivity index (χ4n) is 2.70. The Bertz CT molecular complexity index is 628. The lowest BCUT2D eigenvalue weighted by Gasteiger charge is -2.35. The van der Waals surface area contributed by atoms with Gasteiger partial charge in [-0.1, -0.05) is 0 Å². The average molecular weight is 346 g/mol. The Balaban J connectivity index is 1.92. The Morgan fingerprint density at radius 1 is 1.35 bits per heavy atom. The molecular weight excluding hydrogens is 323 g/mol. The molecule has 0 aliphatic carbocycles. The number of nitrogens with one attached hydrogen (secondary N) is 1. The highest BCUT2D eigenvalue weighted by Gasteiger charge is 2.22. The fraction of sp³-hybridized carbons (Fsp3) is 0.600. The van der Waals surface area contributed by atoms with Gasteiger partial charge in [-0.3, -0.25) is 4.90 Å². The molecule has 0 unspecified atom stereocenters. The Morgan fingerprint density at radius 3 is 2.57 bits per heavy atom. The molecule has 1 aromatic rings. The van der Waals surface area contributed by atoms with Gasteiger partial charge >= 0.3 is 0 Å². The van der Waals surface area contributed by atoms with Crippen molar-refractivity contribution in [2.24, 2.45) is 0 Å². The standard InChI is InChI=1S/C15H23FN2O4S/c1-11-9-18(10-12(2)22-11)7-6-17-23(19,20)13-4-5-15(21-3)14(16)8-13/h4-5,8,11-12,17H,6-7,9-10H2,1-3H3/t11-,12-/m0/s1. The fourth-order valence-corrected chi connectivity index (χ4v) is 3.74. The first-order valence-corrected chi connectivity index (χ1v) is 9.01. The first-order valence-electron chi connectivity index (χ1n) is 7.53. The molecule has 6 nitrogen and oxygen atoms in total. The molecule has 2 atom stereocenters. The van der Waals surface area contributed by atoms with E-state index in [0.29, 0.717) is 6.54 Å². The van der Waals surface area contributed by atoms with Crippen LogP contribution in [0.25, 0.3) is 0 Å². The number of halogens is 1. The highest BCUT2D eigenvalue weighted by atomic mass is 32.2. The zero-order valence-corrected chi connectivity index (χ0v) is 14.4. The van der Waals surface area contributed by atoms with Crippen molar-refractivity contribution in [3.05, 3.63) is 24.0 Å². The van der Waals surface area contributed by atoms with Gasteiger partial charge in [-0.25, -0.2) is 17.5 Å². The molecule has 23 heavy (non-hydrogen) atoms. The predicted octanol–water partition coefficient (Wildman–Crippen LogP) is 1.22. The minimum Gasteiger partial charge on any atom is -0.494 e. The number of morpholine rings is 1. The Labute approximate surface area is 136 Å². The van der Waals surface area contributed by atoms with Gasteiger partial charge in [-0.2, -0.15) is 0 Å². The van der Waals surface area contributed by atoms with Gasteiger partial charge in [-0.05, 0) is 32.0 Å². The second-order valence-corrected chi connectivity index (χ2v) is 7.48. The minimum absolute atomic E-state index is 0.0141. The van der Waals surface area contributed by atoms with Crippen molar-refractivity contribution in [1.82, 2.24) is 9.62 Å². The lowest BCUT2D eigenvalue weighted by atomic mass is 10.2. The summed E-state index contributed by atoms with van der Waals surface area (Å²) in [5, 5.41) is 0. The molecule has 130 valence electrons. The molecule has 0 radical (unpaired) electrons. The van der Waals surface area contributed by atoms with Gasteiger partial charge in [-0.15, -0.1) is 0 Å². The number of hydrogen-bond acceptors (Lipinski definition) is 5. The summed E-state index contributed by atoms with van der Waals surface area (Å²) in [6.45, 7) is 6.36. The third-order valence-corrected chi connectivity index (χ3v) is 5.11. The summed E-state index contributed by atoms with van der Waals surface area (Å²) in [4.78, 5) is 2.04. The van der Waals surface area contributed by atoms with Gasteiger partial charge in [0.05, 0.1) is 24.2 Å². The van der Waals surface area contributed by atoms with E-state index in [2.05, 4.69) is 9.62 Å². The smallest absolute Gasteiger partial charge is 0.240 e. The maximum Gasteiger partial charge on any atom is 0.240 e. The maximum atomic E-state index is 13.6. The number of hydrogen-bond donors (Lipinski definition) is 1. The van der Waals surface area contributed by atoms with E-state index in [1.807, 2.05) is 13.8 Å². The number of methoxy groups -OCH3 is 1. The van der Waals surface area contributed by atoms with Crippen LogP contribution in [0.2, 0.25) is 0 Å². The van der Waals surface area contributed by atoms with Gasteiger partial charge in [0.2, 0.25) is 10.0 Å². The molecule has 1 aliphatic rings. The third kappa shape index (κ3) is 4.87. The van der Waals surface area contributed by atoms with E-state index in [0.717, 1.165) is 19.2 Å². The molecule has 1 heterocycles. The van der Waals surface area contributed by atoms with Crippen LogP contribution in [0.5, 0.6) is 5.75 Å². The summed E-state index contributed by atoms with van der Waals surface area (Å²) < 4.78 is 50.9. The van der Waals surface area contributed by atoms with Gasteiger partial charge < -0.3 is 9.47 Å². The molecule has 1 N–H and O–H groups in total. The van der Waals surface area contributed by atoms with E-state index in [-0.39, 0.29) is 29.4 Å². The molecule has 0 aromatic heterocycles. The monoisotopic (exact) mass is 346 g/mol. The quantitative estimate of drug-likeness (QED) is 0.839. The molecule has 0 amide bonds. The molecule has 1 fully saturated rings. The van der Waals surface area contributed by atoms with Crippen molar-refractivity contribution in [1.29, 1.82) is 0 Å². The van der Waals surface area contributed by atoms with Gasteiger partial charge in [0.1, 0.15) is 0 Å². The molecule has 1 aromatic carbocycles. The van der Waals surface area contributed by atoms with Gasteiger partial charge in [0.25, 0.3) is 0 Å². The van der Waals surface area contributed by atoms with Crippen LogP contribution in [-0.2, 0) is 14.8 Å². The number of rotatable bonds is 6. The summed E-state index contributed by atoms with van der Waals surface area (Å²) in [7, 11) is -2.41. The summed E-state index contributed by atoms with van der Waals surface area (Å²) in [6, 6.07) is 3.58. The van der Waals surface area contributed by atoms with Crippen LogP contribution in [0.1, 0.15) is 13.8 Å². The van der Waals surface area contributed by atoms with Crippen LogP contribution in [-0.4, -0.2) is 58.8 Å². The molecule has 8 heteroatoms. The van der Waals surface area contributed by atoms with E-state index in [1.54, 1.807) is 0 Å². The number of benzene rings is 1. The summed E-state index contributed by atoms with van der Waals surface area (Å²) in [6.07, 6.45) is 0.261. The van der Waals surface area contributed by atoms with Crippen LogP contribution in [0.4, 0.5) is 4.39 Å². The normalized spacial score (nSPS) is 23.0. The summed E-state index contributed by atoms with van der Waals surface area (Å²) in [5.74, 6) is -0.688. The largest absolute Gasteiger partial charge is 0.494 e. The Hall–Kier alpha value is -1.22. The number of sulfonamides is 1. The van der Waals surface area contributed by atoms with Crippen molar-refractivity contribution in [3.8, 4) is 5.75 Å². The molecule has 0 saturated carbocycles. The van der Waals surface area contributed by atoms with Gasteiger partial charge in [0.15, 0.2) is 11.6 Å². The van der Waals surface area contributed by atoms with Crippen LogP contribution >= 0.6 is 0 Å². The summed E-state index contributed by atoms with van der Waals surface area (Å²) in [5.41, 5.74) is 0. The topological polar surface area (TPSA) is 67.9 Å². The second kappa shape index (κ2) is 7.57. The zero-order chi connectivity index (χ0) is 17.0. The van der Waals surface area contributed by atoms with Crippen LogP contribution in [0, 0.1) is 5.82 Å². The SMILES string of the molecule is COc1ccc(S(=O)(=O)NCCN2C[C@H](C)O[C@@H](C)C2)cc1F. The van der Waals surface area contributed by atoms with Crippen LogP contribution < -0.4 is 9.46 Å². The second-order valence-electron chi connectivity index (χ2n) is 5.71. The highest BCUT2D eigenvalue weighted by Crippen LogP contribution is 2.20. The van der Waals surface area contributed by atoms with Crippen molar-refractivity contribution in [3.63, 3.8) is 0 Å². The molecular formula is C15H23FN2O4S. The third-order valence-electron chi connectivity index (χ3n) is 3.65. The molecule has 1 aliphatic heterocycles. The number of ether oxygens (including phenoxy) is 2. The molecule has 1 saturated heterocycles. The lowest BCUT2D eigenvalue weighted by Crippen LogP contribution is -2.47. The molecule has 0 spiro atoms. The predicted molar refractivity (Wildman–Crippen MR) is 84.6 cm³/mol. The van der Waals surface area contributed by atoms with Crippen molar-refractivity contribution < 1.29 is 22.3 Å². The zero-order valence-electron chi connectivity index (χ0n) is 13.6. The van der Waals surface area contributed by atoms with Crippen molar-refractivity contribution in [2.45, 2.75) is 31.0 Å². The first kappa shape index (κ1) is 18.1. The summed E-state index contributed by atoms with van der Waals surface area (Å²) >= 11 is 0. The van der Waals surface area contributed by atoms with Gasteiger partial charge in [0, 0.05) is 26.2 Å².